The van der Waals surface area contributed by atoms with E-state index in [0.717, 1.165) is 43.2 Å². The van der Waals surface area contributed by atoms with Crippen molar-refractivity contribution < 1.29 is 9.53 Å². The molecule has 4 heterocycles. The number of anilines is 1. The Hall–Kier alpha value is -3.16. The molecule has 2 aliphatic heterocycles. The third-order valence-corrected chi connectivity index (χ3v) is 6.21. The lowest BCUT2D eigenvalue weighted by Crippen LogP contribution is -2.56. The molecule has 2 aliphatic rings. The van der Waals surface area contributed by atoms with Gasteiger partial charge in [0.25, 0.3) is 0 Å². The van der Waals surface area contributed by atoms with Gasteiger partial charge >= 0.3 is 6.09 Å². The lowest BCUT2D eigenvalue weighted by atomic mass is 9.88. The maximum Gasteiger partial charge on any atom is 0.410 e. The van der Waals surface area contributed by atoms with Gasteiger partial charge in [0.15, 0.2) is 11.5 Å². The van der Waals surface area contributed by atoms with Crippen molar-refractivity contribution >= 4 is 23.1 Å². The average molecular weight is 392 g/mol. The van der Waals surface area contributed by atoms with E-state index in [1.807, 2.05) is 35.2 Å². The number of ether oxygens (including phenoxy) is 1. The molecule has 1 aromatic carbocycles. The molecule has 29 heavy (non-hydrogen) atoms. The van der Waals surface area contributed by atoms with Gasteiger partial charge < -0.3 is 15.0 Å². The van der Waals surface area contributed by atoms with E-state index in [1.165, 1.54) is 6.33 Å². The summed E-state index contributed by atoms with van der Waals surface area (Å²) in [5.74, 6) is 0.716. The Balaban J connectivity index is 1.32. The zero-order valence-corrected chi connectivity index (χ0v) is 16.2. The molecule has 5 rings (SSSR count). The number of aromatic nitrogens is 4. The zero-order valence-electron chi connectivity index (χ0n) is 16.2. The van der Waals surface area contributed by atoms with Crippen molar-refractivity contribution in [3.05, 3.63) is 48.5 Å². The molecular formula is C21H24N6O2. The Kier molecular flexibility index (Phi) is 4.54. The lowest BCUT2D eigenvalue weighted by Gasteiger charge is -2.44. The number of benzene rings is 1. The number of rotatable bonds is 5. The fourth-order valence-corrected chi connectivity index (χ4v) is 4.80. The summed E-state index contributed by atoms with van der Waals surface area (Å²) in [6.45, 7) is 0.933. The molecule has 2 N–H and O–H groups in total. The van der Waals surface area contributed by atoms with Crippen molar-refractivity contribution in [2.45, 2.75) is 50.3 Å². The Morgan fingerprint density at radius 2 is 2.10 bits per heavy atom. The van der Waals surface area contributed by atoms with E-state index in [1.54, 1.807) is 6.33 Å². The molecule has 0 radical (unpaired) electrons. The van der Waals surface area contributed by atoms with Crippen LogP contribution in [0.3, 0.4) is 0 Å². The number of piperidine rings is 1. The molecule has 1 amide bonds. The molecule has 8 nitrogen and oxygen atoms in total. The van der Waals surface area contributed by atoms with Crippen molar-refractivity contribution in [3.8, 4) is 0 Å². The topological polar surface area (TPSA) is 96.0 Å². The molecule has 150 valence electrons. The fourth-order valence-electron chi connectivity index (χ4n) is 4.80. The standard InChI is InChI=1S/C21H24N6O2/c28-20(29-11-15-5-2-1-3-6-15)27-16-7-4-9-21(27,10-8-16)12-22-18-17-19(24-13-23-17)26-14-25-18/h1-3,5-6,13-14,16H,4,7-12H2,(H2,22,23,24,25,26). The Bertz CT molecular complexity index is 1000. The van der Waals surface area contributed by atoms with Gasteiger partial charge in [-0.2, -0.15) is 0 Å². The number of fused-ring (bicyclic) bond motifs is 3. The first-order valence-corrected chi connectivity index (χ1v) is 10.1. The highest BCUT2D eigenvalue weighted by atomic mass is 16.6. The number of hydrogen-bond donors (Lipinski definition) is 2. The molecule has 2 fully saturated rings. The smallest absolute Gasteiger partial charge is 0.410 e. The Morgan fingerprint density at radius 1 is 1.21 bits per heavy atom. The summed E-state index contributed by atoms with van der Waals surface area (Å²) in [6.07, 6.45) is 8.03. The largest absolute Gasteiger partial charge is 0.445 e. The van der Waals surface area contributed by atoms with Crippen LogP contribution in [-0.4, -0.2) is 49.1 Å². The van der Waals surface area contributed by atoms with Crippen molar-refractivity contribution in [2.24, 2.45) is 0 Å². The lowest BCUT2D eigenvalue weighted by molar-refractivity contribution is 0.0316. The van der Waals surface area contributed by atoms with E-state index in [-0.39, 0.29) is 17.7 Å². The predicted octanol–water partition coefficient (Wildman–Crippen LogP) is 3.49. The highest BCUT2D eigenvalue weighted by Gasteiger charge is 2.51. The summed E-state index contributed by atoms with van der Waals surface area (Å²) < 4.78 is 5.70. The fraction of sp³-hybridized carbons (Fsp3) is 0.429. The van der Waals surface area contributed by atoms with E-state index in [4.69, 9.17) is 4.74 Å². The molecule has 2 aromatic heterocycles. The van der Waals surface area contributed by atoms with Crippen LogP contribution in [-0.2, 0) is 11.3 Å². The van der Waals surface area contributed by atoms with Crippen molar-refractivity contribution in [1.82, 2.24) is 24.8 Å². The highest BCUT2D eigenvalue weighted by Crippen LogP contribution is 2.44. The number of nitrogens with one attached hydrogen (secondary N) is 2. The van der Waals surface area contributed by atoms with Gasteiger partial charge in [-0.1, -0.05) is 30.3 Å². The Morgan fingerprint density at radius 3 is 3.00 bits per heavy atom. The third-order valence-electron chi connectivity index (χ3n) is 6.21. The quantitative estimate of drug-likeness (QED) is 0.690. The number of hydrogen-bond acceptors (Lipinski definition) is 6. The summed E-state index contributed by atoms with van der Waals surface area (Å²) in [7, 11) is 0. The second-order valence-electron chi connectivity index (χ2n) is 7.90. The normalized spacial score (nSPS) is 23.3. The summed E-state index contributed by atoms with van der Waals surface area (Å²) in [6, 6.07) is 10.1. The monoisotopic (exact) mass is 392 g/mol. The van der Waals surface area contributed by atoms with Gasteiger partial charge in [0, 0.05) is 12.6 Å². The minimum absolute atomic E-state index is 0.216. The van der Waals surface area contributed by atoms with Crippen LogP contribution in [0, 0.1) is 0 Å². The van der Waals surface area contributed by atoms with E-state index in [0.29, 0.717) is 24.6 Å². The second kappa shape index (κ2) is 7.35. The number of carbonyl (C=O) groups excluding carboxylic acids is 1. The van der Waals surface area contributed by atoms with Crippen molar-refractivity contribution in [2.75, 3.05) is 11.9 Å². The van der Waals surface area contributed by atoms with Gasteiger partial charge in [-0.3, -0.25) is 4.90 Å². The Labute approximate surface area is 168 Å². The van der Waals surface area contributed by atoms with Gasteiger partial charge in [0.1, 0.15) is 18.5 Å². The van der Waals surface area contributed by atoms with Crippen LogP contribution in [0.25, 0.3) is 11.2 Å². The maximum atomic E-state index is 13.1. The van der Waals surface area contributed by atoms with Crippen LogP contribution < -0.4 is 5.32 Å². The predicted molar refractivity (Wildman–Crippen MR) is 108 cm³/mol. The number of aromatic amines is 1. The van der Waals surface area contributed by atoms with Gasteiger partial charge in [-0.25, -0.2) is 19.7 Å². The van der Waals surface area contributed by atoms with Crippen LogP contribution in [0.15, 0.2) is 43.0 Å². The number of imidazole rings is 1. The van der Waals surface area contributed by atoms with Crippen LogP contribution in [0.2, 0.25) is 0 Å². The molecule has 0 spiro atoms. The van der Waals surface area contributed by atoms with Crippen LogP contribution in [0.5, 0.6) is 0 Å². The number of amides is 1. The molecule has 3 aromatic rings. The first kappa shape index (κ1) is 17.9. The van der Waals surface area contributed by atoms with E-state index < -0.39 is 0 Å². The molecule has 0 aliphatic carbocycles. The molecule has 2 bridgehead atoms. The molecule has 0 saturated carbocycles. The summed E-state index contributed by atoms with van der Waals surface area (Å²) in [4.78, 5) is 30.8. The molecule has 2 atom stereocenters. The summed E-state index contributed by atoms with van der Waals surface area (Å²) >= 11 is 0. The second-order valence-corrected chi connectivity index (χ2v) is 7.90. The van der Waals surface area contributed by atoms with Crippen LogP contribution >= 0.6 is 0 Å². The summed E-state index contributed by atoms with van der Waals surface area (Å²) in [5, 5.41) is 3.45. The summed E-state index contributed by atoms with van der Waals surface area (Å²) in [5.41, 5.74) is 2.17. The van der Waals surface area contributed by atoms with Gasteiger partial charge in [-0.15, -0.1) is 0 Å². The number of H-pyrrole nitrogens is 1. The highest BCUT2D eigenvalue weighted by molar-refractivity contribution is 5.82. The number of carbonyl (C=O) groups is 1. The average Bonchev–Trinajstić information content (AvgIpc) is 3.32. The van der Waals surface area contributed by atoms with Crippen molar-refractivity contribution in [1.29, 1.82) is 0 Å². The van der Waals surface area contributed by atoms with E-state index in [2.05, 4.69) is 25.3 Å². The maximum absolute atomic E-state index is 13.1. The van der Waals surface area contributed by atoms with Crippen molar-refractivity contribution in [3.63, 3.8) is 0 Å². The first-order valence-electron chi connectivity index (χ1n) is 10.1. The van der Waals surface area contributed by atoms with Gasteiger partial charge in [0.05, 0.1) is 11.9 Å². The zero-order chi connectivity index (χ0) is 19.7. The number of nitrogens with zero attached hydrogens (tertiary/aromatic N) is 4. The van der Waals surface area contributed by atoms with E-state index in [9.17, 15) is 4.79 Å². The molecular weight excluding hydrogens is 368 g/mol. The molecule has 8 heteroatoms. The van der Waals surface area contributed by atoms with Crippen LogP contribution in [0.1, 0.15) is 37.7 Å². The van der Waals surface area contributed by atoms with Gasteiger partial charge in [-0.05, 0) is 37.7 Å². The van der Waals surface area contributed by atoms with Crippen LogP contribution in [0.4, 0.5) is 10.6 Å². The molecule has 2 unspecified atom stereocenters. The first-order chi connectivity index (χ1) is 14.3. The SMILES string of the molecule is O=C(OCc1ccccc1)N1C2CCCC1(CNc1ncnc3nc[nH]c13)CC2. The van der Waals surface area contributed by atoms with Gasteiger partial charge in [0.2, 0.25) is 0 Å². The van der Waals surface area contributed by atoms with E-state index >= 15 is 0 Å². The third kappa shape index (κ3) is 3.28. The minimum atomic E-state index is -0.242. The molecule has 2 saturated heterocycles. The minimum Gasteiger partial charge on any atom is -0.445 e.